The minimum absolute atomic E-state index is 0.168. The van der Waals surface area contributed by atoms with Crippen molar-refractivity contribution in [2.45, 2.75) is 38.6 Å². The molecule has 1 N–H and O–H groups in total. The van der Waals surface area contributed by atoms with Gasteiger partial charge in [-0.3, -0.25) is 0 Å². The van der Waals surface area contributed by atoms with Crippen LogP contribution in [0.15, 0.2) is 0 Å². The molecule has 0 saturated carbocycles. The lowest BCUT2D eigenvalue weighted by Gasteiger charge is -2.40. The second-order valence-corrected chi connectivity index (χ2v) is 6.77. The molecule has 0 aromatic rings. The first-order valence-corrected chi connectivity index (χ1v) is 8.03. The number of hydrogen-bond donors (Lipinski definition) is 1. The average molecular weight is 261 g/mol. The van der Waals surface area contributed by atoms with Crippen LogP contribution in [-0.2, 0) is 10.2 Å². The first kappa shape index (κ1) is 13.3. The van der Waals surface area contributed by atoms with Gasteiger partial charge < -0.3 is 5.32 Å². The predicted octanol–water partition coefficient (Wildman–Crippen LogP) is 0.401. The summed E-state index contributed by atoms with van der Waals surface area (Å²) in [7, 11) is -3.22. The van der Waals surface area contributed by atoms with Gasteiger partial charge in [0.05, 0.1) is 6.04 Å². The SMILES string of the molecule is CCCN(C1CNC1)S(=O)(=O)N1CCCCC1. The zero-order chi connectivity index (χ0) is 12.3. The summed E-state index contributed by atoms with van der Waals surface area (Å²) in [5.41, 5.74) is 0. The highest BCUT2D eigenvalue weighted by Crippen LogP contribution is 2.20. The van der Waals surface area contributed by atoms with Gasteiger partial charge in [0, 0.05) is 32.7 Å². The van der Waals surface area contributed by atoms with Crippen LogP contribution >= 0.6 is 0 Å². The van der Waals surface area contributed by atoms with Crippen LogP contribution in [0.3, 0.4) is 0 Å². The van der Waals surface area contributed by atoms with E-state index in [1.807, 2.05) is 6.92 Å². The Bertz CT molecular complexity index is 335. The van der Waals surface area contributed by atoms with E-state index in [9.17, 15) is 8.42 Å². The fourth-order valence-corrected chi connectivity index (χ4v) is 4.38. The van der Waals surface area contributed by atoms with Crippen LogP contribution in [0.2, 0.25) is 0 Å². The van der Waals surface area contributed by atoms with Gasteiger partial charge in [-0.25, -0.2) is 0 Å². The summed E-state index contributed by atoms with van der Waals surface area (Å²) in [6, 6.07) is 0.168. The highest BCUT2D eigenvalue weighted by Gasteiger charge is 2.37. The van der Waals surface area contributed by atoms with Crippen molar-refractivity contribution in [3.05, 3.63) is 0 Å². The summed E-state index contributed by atoms with van der Waals surface area (Å²) in [6.07, 6.45) is 4.04. The fourth-order valence-electron chi connectivity index (χ4n) is 2.43. The first-order chi connectivity index (χ1) is 8.16. The second kappa shape index (κ2) is 5.65. The molecule has 17 heavy (non-hydrogen) atoms. The molecule has 2 fully saturated rings. The van der Waals surface area contributed by atoms with E-state index in [1.165, 1.54) is 0 Å². The molecule has 0 amide bonds. The van der Waals surface area contributed by atoms with E-state index in [0.29, 0.717) is 19.6 Å². The molecule has 2 heterocycles. The summed E-state index contributed by atoms with van der Waals surface area (Å²) in [5, 5.41) is 3.15. The van der Waals surface area contributed by atoms with Gasteiger partial charge in [0.1, 0.15) is 0 Å². The topological polar surface area (TPSA) is 52.7 Å². The average Bonchev–Trinajstić information content (AvgIpc) is 2.27. The summed E-state index contributed by atoms with van der Waals surface area (Å²) >= 11 is 0. The maximum Gasteiger partial charge on any atom is 0.282 e. The van der Waals surface area contributed by atoms with Crippen LogP contribution in [0.1, 0.15) is 32.6 Å². The van der Waals surface area contributed by atoms with Gasteiger partial charge in [0.15, 0.2) is 0 Å². The third-order valence-electron chi connectivity index (χ3n) is 3.55. The van der Waals surface area contributed by atoms with E-state index < -0.39 is 10.2 Å². The minimum Gasteiger partial charge on any atom is -0.313 e. The molecule has 100 valence electrons. The molecule has 0 atom stereocenters. The van der Waals surface area contributed by atoms with Gasteiger partial charge in [-0.15, -0.1) is 0 Å². The van der Waals surface area contributed by atoms with Crippen LogP contribution in [-0.4, -0.2) is 55.8 Å². The summed E-state index contributed by atoms with van der Waals surface area (Å²) < 4.78 is 28.4. The Hall–Kier alpha value is -0.170. The van der Waals surface area contributed by atoms with E-state index in [4.69, 9.17) is 0 Å². The van der Waals surface area contributed by atoms with E-state index >= 15 is 0 Å². The van der Waals surface area contributed by atoms with Crippen LogP contribution in [0, 0.1) is 0 Å². The van der Waals surface area contributed by atoms with Gasteiger partial charge in [-0.2, -0.15) is 17.0 Å². The van der Waals surface area contributed by atoms with Crippen molar-refractivity contribution in [1.82, 2.24) is 13.9 Å². The van der Waals surface area contributed by atoms with Crippen molar-refractivity contribution < 1.29 is 8.42 Å². The quantitative estimate of drug-likeness (QED) is 0.779. The van der Waals surface area contributed by atoms with Crippen LogP contribution in [0.5, 0.6) is 0 Å². The maximum atomic E-state index is 12.5. The van der Waals surface area contributed by atoms with Gasteiger partial charge >= 0.3 is 0 Å². The van der Waals surface area contributed by atoms with Crippen molar-refractivity contribution in [2.24, 2.45) is 0 Å². The molecule has 2 aliphatic rings. The molecule has 0 spiro atoms. The number of hydrogen-bond acceptors (Lipinski definition) is 3. The van der Waals surface area contributed by atoms with Gasteiger partial charge in [-0.1, -0.05) is 13.3 Å². The molecule has 2 aliphatic heterocycles. The lowest BCUT2D eigenvalue weighted by molar-refractivity contribution is 0.217. The maximum absolute atomic E-state index is 12.5. The standard InChI is InChI=1S/C11H23N3O2S/c1-2-6-14(11-9-12-10-11)17(15,16)13-7-4-3-5-8-13/h11-12H,2-10H2,1H3. The Labute approximate surface area is 104 Å². The molecular weight excluding hydrogens is 238 g/mol. The number of nitrogens with zero attached hydrogens (tertiary/aromatic N) is 2. The highest BCUT2D eigenvalue weighted by atomic mass is 32.2. The first-order valence-electron chi connectivity index (χ1n) is 6.64. The zero-order valence-corrected chi connectivity index (χ0v) is 11.4. The summed E-state index contributed by atoms with van der Waals surface area (Å²) in [6.45, 7) is 5.67. The molecule has 6 heteroatoms. The minimum atomic E-state index is -3.22. The number of piperidine rings is 1. The number of rotatable bonds is 5. The second-order valence-electron chi connectivity index (χ2n) is 4.89. The molecular formula is C11H23N3O2S. The Balaban J connectivity index is 2.08. The van der Waals surface area contributed by atoms with Crippen molar-refractivity contribution in [1.29, 1.82) is 0 Å². The van der Waals surface area contributed by atoms with Gasteiger partial charge in [-0.05, 0) is 19.3 Å². The Morgan fingerprint density at radius 1 is 1.24 bits per heavy atom. The van der Waals surface area contributed by atoms with E-state index in [2.05, 4.69) is 5.32 Å². The highest BCUT2D eigenvalue weighted by molar-refractivity contribution is 7.86. The van der Waals surface area contributed by atoms with Gasteiger partial charge in [0.2, 0.25) is 0 Å². The lowest BCUT2D eigenvalue weighted by atomic mass is 10.2. The molecule has 0 aromatic carbocycles. The summed E-state index contributed by atoms with van der Waals surface area (Å²) in [5.74, 6) is 0. The summed E-state index contributed by atoms with van der Waals surface area (Å²) in [4.78, 5) is 0. The molecule has 0 aromatic heterocycles. The van der Waals surface area contributed by atoms with E-state index in [0.717, 1.165) is 38.8 Å². The van der Waals surface area contributed by atoms with Crippen LogP contribution in [0.25, 0.3) is 0 Å². The zero-order valence-electron chi connectivity index (χ0n) is 10.6. The van der Waals surface area contributed by atoms with Crippen molar-refractivity contribution >= 4 is 10.2 Å². The monoisotopic (exact) mass is 261 g/mol. The lowest BCUT2D eigenvalue weighted by Crippen LogP contribution is -2.61. The smallest absolute Gasteiger partial charge is 0.282 e. The molecule has 0 bridgehead atoms. The van der Waals surface area contributed by atoms with Crippen molar-refractivity contribution in [3.8, 4) is 0 Å². The normalized spacial score (nSPS) is 23.9. The van der Waals surface area contributed by atoms with Gasteiger partial charge in [0.25, 0.3) is 10.2 Å². The third-order valence-corrected chi connectivity index (χ3v) is 5.64. The largest absolute Gasteiger partial charge is 0.313 e. The number of nitrogens with one attached hydrogen (secondary N) is 1. The molecule has 0 radical (unpaired) electrons. The fraction of sp³-hybridized carbons (Fsp3) is 1.00. The Kier molecular flexibility index (Phi) is 4.41. The van der Waals surface area contributed by atoms with E-state index in [-0.39, 0.29) is 6.04 Å². The Morgan fingerprint density at radius 3 is 2.35 bits per heavy atom. The molecule has 2 rings (SSSR count). The third kappa shape index (κ3) is 2.81. The molecule has 0 aliphatic carbocycles. The molecule has 2 saturated heterocycles. The van der Waals surface area contributed by atoms with Crippen LogP contribution in [0.4, 0.5) is 0 Å². The predicted molar refractivity (Wildman–Crippen MR) is 68.0 cm³/mol. The Morgan fingerprint density at radius 2 is 1.88 bits per heavy atom. The van der Waals surface area contributed by atoms with E-state index in [1.54, 1.807) is 8.61 Å². The van der Waals surface area contributed by atoms with Crippen molar-refractivity contribution in [3.63, 3.8) is 0 Å². The molecule has 0 unspecified atom stereocenters. The van der Waals surface area contributed by atoms with Crippen molar-refractivity contribution in [2.75, 3.05) is 32.7 Å². The molecule has 5 nitrogen and oxygen atoms in total. The van der Waals surface area contributed by atoms with Crippen LogP contribution < -0.4 is 5.32 Å².